The van der Waals surface area contributed by atoms with Gasteiger partial charge in [0.25, 0.3) is 0 Å². The van der Waals surface area contributed by atoms with Crippen molar-refractivity contribution in [3.63, 3.8) is 0 Å². The predicted molar refractivity (Wildman–Crippen MR) is 37.1 cm³/mol. The molecule has 44 valence electrons. The standard InChI is InChI=1S/C4H8O2.HI/c1-2-6-4-3-5-1;/h1-4H2;1H. The third-order valence-electron chi connectivity index (χ3n) is 0.744. The summed E-state index contributed by atoms with van der Waals surface area (Å²) in [5.74, 6) is 0. The minimum absolute atomic E-state index is 0. The molecule has 0 atom stereocenters. The van der Waals surface area contributed by atoms with E-state index < -0.39 is 0 Å². The summed E-state index contributed by atoms with van der Waals surface area (Å²) >= 11 is 0. The van der Waals surface area contributed by atoms with Gasteiger partial charge in [-0.2, -0.15) is 0 Å². The zero-order valence-corrected chi connectivity index (χ0v) is 6.38. The highest BCUT2D eigenvalue weighted by molar-refractivity contribution is 14.0. The first-order valence-electron chi connectivity index (χ1n) is 2.15. The van der Waals surface area contributed by atoms with Crippen LogP contribution in [0.5, 0.6) is 0 Å². The van der Waals surface area contributed by atoms with E-state index in [9.17, 15) is 0 Å². The van der Waals surface area contributed by atoms with E-state index in [4.69, 9.17) is 9.47 Å². The van der Waals surface area contributed by atoms with Crippen molar-refractivity contribution in [2.75, 3.05) is 26.4 Å². The second kappa shape index (κ2) is 4.80. The van der Waals surface area contributed by atoms with Crippen LogP contribution in [-0.2, 0) is 9.47 Å². The summed E-state index contributed by atoms with van der Waals surface area (Å²) in [6.07, 6.45) is 0. The molecule has 0 aromatic carbocycles. The van der Waals surface area contributed by atoms with Gasteiger partial charge >= 0.3 is 0 Å². The molecule has 0 radical (unpaired) electrons. The molecule has 0 spiro atoms. The van der Waals surface area contributed by atoms with E-state index in [1.165, 1.54) is 0 Å². The normalized spacial score (nSPS) is 20.6. The molecule has 1 rings (SSSR count). The molecule has 0 aromatic rings. The topological polar surface area (TPSA) is 18.5 Å². The van der Waals surface area contributed by atoms with Gasteiger partial charge < -0.3 is 9.47 Å². The number of ether oxygens (including phenoxy) is 2. The van der Waals surface area contributed by atoms with Gasteiger partial charge in [-0.15, -0.1) is 24.0 Å². The summed E-state index contributed by atoms with van der Waals surface area (Å²) in [6, 6.07) is 0. The van der Waals surface area contributed by atoms with Crippen LogP contribution >= 0.6 is 24.0 Å². The Labute approximate surface area is 60.2 Å². The molecule has 1 heterocycles. The lowest BCUT2D eigenvalue weighted by Crippen LogP contribution is -2.16. The third-order valence-corrected chi connectivity index (χ3v) is 0.744. The molecule has 2 nitrogen and oxygen atoms in total. The zero-order chi connectivity index (χ0) is 4.24. The highest BCUT2D eigenvalue weighted by Gasteiger charge is 1.94. The predicted octanol–water partition coefficient (Wildman–Crippen LogP) is 0.651. The molecule has 0 saturated carbocycles. The lowest BCUT2D eigenvalue weighted by molar-refractivity contribution is -0.0334. The number of hydrogen-bond acceptors (Lipinski definition) is 2. The zero-order valence-electron chi connectivity index (χ0n) is 4.05. The minimum Gasteiger partial charge on any atom is -0.377 e. The summed E-state index contributed by atoms with van der Waals surface area (Å²) in [6.45, 7) is 3.11. The molecule has 0 N–H and O–H groups in total. The quantitative estimate of drug-likeness (QED) is 0.553. The number of rotatable bonds is 0. The highest BCUT2D eigenvalue weighted by atomic mass is 127. The molecule has 1 aliphatic heterocycles. The lowest BCUT2D eigenvalue weighted by atomic mass is 10.6. The molecule has 1 fully saturated rings. The van der Waals surface area contributed by atoms with Crippen molar-refractivity contribution >= 4 is 24.0 Å². The average molecular weight is 216 g/mol. The van der Waals surface area contributed by atoms with Crippen molar-refractivity contribution in [1.82, 2.24) is 0 Å². The van der Waals surface area contributed by atoms with Gasteiger partial charge in [0.2, 0.25) is 0 Å². The molecule has 0 aliphatic carbocycles. The summed E-state index contributed by atoms with van der Waals surface area (Å²) in [4.78, 5) is 0. The van der Waals surface area contributed by atoms with Crippen molar-refractivity contribution in [3.8, 4) is 0 Å². The van der Waals surface area contributed by atoms with Crippen molar-refractivity contribution in [2.45, 2.75) is 0 Å². The fourth-order valence-corrected chi connectivity index (χ4v) is 0.440. The van der Waals surface area contributed by atoms with Crippen molar-refractivity contribution in [2.24, 2.45) is 0 Å². The molecule has 1 saturated heterocycles. The molecule has 0 unspecified atom stereocenters. The van der Waals surface area contributed by atoms with E-state index in [1.807, 2.05) is 0 Å². The van der Waals surface area contributed by atoms with Gasteiger partial charge in [-0.1, -0.05) is 0 Å². The van der Waals surface area contributed by atoms with E-state index in [1.54, 1.807) is 0 Å². The Balaban J connectivity index is 0.000000360. The SMILES string of the molecule is C1COCCO1.I. The molecule has 0 aromatic heterocycles. The van der Waals surface area contributed by atoms with Crippen LogP contribution in [0.15, 0.2) is 0 Å². The van der Waals surface area contributed by atoms with Crippen LogP contribution in [0, 0.1) is 0 Å². The Bertz CT molecular complexity index is 25.2. The van der Waals surface area contributed by atoms with Gasteiger partial charge in [-0.3, -0.25) is 0 Å². The van der Waals surface area contributed by atoms with Crippen LogP contribution in [0.4, 0.5) is 0 Å². The van der Waals surface area contributed by atoms with Gasteiger partial charge in [-0.25, -0.2) is 0 Å². The van der Waals surface area contributed by atoms with Gasteiger partial charge in [0, 0.05) is 0 Å². The van der Waals surface area contributed by atoms with Crippen LogP contribution < -0.4 is 0 Å². The van der Waals surface area contributed by atoms with Crippen LogP contribution in [0.1, 0.15) is 0 Å². The highest BCUT2D eigenvalue weighted by Crippen LogP contribution is 1.85. The largest absolute Gasteiger partial charge is 0.377 e. The summed E-state index contributed by atoms with van der Waals surface area (Å²) < 4.78 is 9.89. The fourth-order valence-electron chi connectivity index (χ4n) is 0.440. The van der Waals surface area contributed by atoms with Crippen LogP contribution in [0.2, 0.25) is 0 Å². The second-order valence-corrected chi connectivity index (χ2v) is 1.22. The average Bonchev–Trinajstić information content (AvgIpc) is 1.72. The van der Waals surface area contributed by atoms with Crippen LogP contribution in [-0.4, -0.2) is 26.4 Å². The van der Waals surface area contributed by atoms with Crippen LogP contribution in [0.25, 0.3) is 0 Å². The maximum absolute atomic E-state index is 4.94. The number of halogens is 1. The summed E-state index contributed by atoms with van der Waals surface area (Å²) in [5.41, 5.74) is 0. The van der Waals surface area contributed by atoms with E-state index in [0.717, 1.165) is 26.4 Å². The van der Waals surface area contributed by atoms with Crippen molar-refractivity contribution in [3.05, 3.63) is 0 Å². The fraction of sp³-hybridized carbons (Fsp3) is 1.00. The van der Waals surface area contributed by atoms with Gasteiger partial charge in [0.15, 0.2) is 0 Å². The van der Waals surface area contributed by atoms with Gasteiger partial charge in [-0.05, 0) is 0 Å². The van der Waals surface area contributed by atoms with Crippen molar-refractivity contribution < 1.29 is 9.47 Å². The van der Waals surface area contributed by atoms with Crippen molar-refractivity contribution in [1.29, 1.82) is 0 Å². The molecule has 3 heteroatoms. The van der Waals surface area contributed by atoms with E-state index in [2.05, 4.69) is 0 Å². The molecular weight excluding hydrogens is 207 g/mol. The first kappa shape index (κ1) is 7.65. The Hall–Kier alpha value is 0.650. The monoisotopic (exact) mass is 216 g/mol. The van der Waals surface area contributed by atoms with Gasteiger partial charge in [0.05, 0.1) is 26.4 Å². The van der Waals surface area contributed by atoms with Gasteiger partial charge in [0.1, 0.15) is 0 Å². The number of hydrogen-bond donors (Lipinski definition) is 0. The van der Waals surface area contributed by atoms with Crippen LogP contribution in [0.3, 0.4) is 0 Å². The third kappa shape index (κ3) is 3.25. The lowest BCUT2D eigenvalue weighted by Gasteiger charge is -2.09. The first-order valence-corrected chi connectivity index (χ1v) is 2.15. The molecule has 0 bridgehead atoms. The minimum atomic E-state index is 0. The molecule has 1 aliphatic rings. The Kier molecular flexibility index (Phi) is 5.25. The maximum atomic E-state index is 4.94. The molecule has 7 heavy (non-hydrogen) atoms. The summed E-state index contributed by atoms with van der Waals surface area (Å²) in [7, 11) is 0. The Morgan fingerprint density at radius 3 is 1.14 bits per heavy atom. The Morgan fingerprint density at radius 1 is 0.714 bits per heavy atom. The first-order chi connectivity index (χ1) is 3.00. The maximum Gasteiger partial charge on any atom is 0.0701 e. The molecule has 0 amide bonds. The molecular formula is C4H9IO2. The summed E-state index contributed by atoms with van der Waals surface area (Å²) in [5, 5.41) is 0. The van der Waals surface area contributed by atoms with E-state index in [-0.39, 0.29) is 24.0 Å². The second-order valence-electron chi connectivity index (χ2n) is 1.22. The smallest absolute Gasteiger partial charge is 0.0701 e. The van der Waals surface area contributed by atoms with E-state index >= 15 is 0 Å². The van der Waals surface area contributed by atoms with E-state index in [0.29, 0.717) is 0 Å². The Morgan fingerprint density at radius 2 is 1.00 bits per heavy atom.